The van der Waals surface area contributed by atoms with Crippen molar-refractivity contribution in [2.24, 2.45) is 5.92 Å². The van der Waals surface area contributed by atoms with Gasteiger partial charge in [0.25, 0.3) is 0 Å². The van der Waals surface area contributed by atoms with E-state index in [0.717, 1.165) is 101 Å². The van der Waals surface area contributed by atoms with Crippen LogP contribution in [-0.4, -0.2) is 29.1 Å². The molecule has 0 spiro atoms. The summed E-state index contributed by atoms with van der Waals surface area (Å²) in [4.78, 5) is 19.3. The number of allylic oxidation sites excluding steroid dienone is 4. The summed E-state index contributed by atoms with van der Waals surface area (Å²) in [6.45, 7) is 2.29. The first-order valence-electron chi connectivity index (χ1n) is 23.6. The van der Waals surface area contributed by atoms with Crippen molar-refractivity contribution in [2.45, 2.75) is 13.3 Å². The molecule has 1 unspecified atom stereocenters. The summed E-state index contributed by atoms with van der Waals surface area (Å²) in [7, 11) is 0. The van der Waals surface area contributed by atoms with Gasteiger partial charge in [0, 0.05) is 69.0 Å². The Balaban J connectivity index is 0.994. The minimum Gasteiger partial charge on any atom is -0.309 e. The quantitative estimate of drug-likeness (QED) is 0.152. The van der Waals surface area contributed by atoms with E-state index in [1.54, 1.807) is 0 Å². The van der Waals surface area contributed by atoms with Crippen LogP contribution in [0.3, 0.4) is 0 Å². The van der Waals surface area contributed by atoms with Gasteiger partial charge in [-0.3, -0.25) is 19.9 Å². The van der Waals surface area contributed by atoms with E-state index < -0.39 is 0 Å². The molecule has 0 N–H and O–H groups in total. The molecular weight excluding hydrogens is 841 g/mol. The van der Waals surface area contributed by atoms with Crippen LogP contribution < -0.4 is 0 Å². The van der Waals surface area contributed by atoms with Crippen LogP contribution in [-0.2, 0) is 0 Å². The number of hydrogen-bond acceptors (Lipinski definition) is 4. The summed E-state index contributed by atoms with van der Waals surface area (Å²) >= 11 is 0. The highest BCUT2D eigenvalue weighted by atomic mass is 15.0. The number of pyridine rings is 4. The van der Waals surface area contributed by atoms with Crippen LogP contribution in [0.15, 0.2) is 231 Å². The van der Waals surface area contributed by atoms with Crippen LogP contribution in [0.5, 0.6) is 0 Å². The lowest BCUT2D eigenvalue weighted by Gasteiger charge is -2.20. The minimum absolute atomic E-state index is 0.409. The Hall–Kier alpha value is -9.00. The molecule has 326 valence electrons. The molecule has 0 radical (unpaired) electrons. The molecule has 6 aromatic heterocycles. The van der Waals surface area contributed by atoms with Crippen LogP contribution in [0, 0.1) is 5.92 Å². The number of benzene rings is 6. The highest BCUT2D eigenvalue weighted by Gasteiger charge is 2.22. The molecule has 1 aliphatic carbocycles. The van der Waals surface area contributed by atoms with E-state index in [0.29, 0.717) is 5.92 Å². The van der Waals surface area contributed by atoms with Gasteiger partial charge in [-0.15, -0.1) is 0 Å². The molecule has 0 fully saturated rings. The predicted molar refractivity (Wildman–Crippen MR) is 284 cm³/mol. The summed E-state index contributed by atoms with van der Waals surface area (Å²) < 4.78 is 4.79. The van der Waals surface area contributed by atoms with Gasteiger partial charge in [-0.05, 0) is 149 Å². The molecule has 12 aromatic rings. The Kier molecular flexibility index (Phi) is 9.75. The first-order chi connectivity index (χ1) is 34.1. The second-order valence-electron chi connectivity index (χ2n) is 17.9. The zero-order chi connectivity index (χ0) is 45.8. The molecule has 69 heavy (non-hydrogen) atoms. The maximum Gasteiger partial charge on any atom is 0.0963 e. The highest BCUT2D eigenvalue weighted by molar-refractivity contribution is 6.14. The maximum absolute atomic E-state index is 5.00. The second kappa shape index (κ2) is 16.7. The number of fused-ring (bicyclic) bond motifs is 6. The molecule has 6 nitrogen and oxygen atoms in total. The van der Waals surface area contributed by atoms with E-state index in [9.17, 15) is 0 Å². The fraction of sp³-hybridized carbons (Fsp3) is 0.0476. The predicted octanol–water partition coefficient (Wildman–Crippen LogP) is 15.6. The summed E-state index contributed by atoms with van der Waals surface area (Å²) in [5, 5.41) is 3.46. The summed E-state index contributed by atoms with van der Waals surface area (Å²) in [5.41, 5.74) is 20.7. The second-order valence-corrected chi connectivity index (χ2v) is 17.9. The zero-order valence-corrected chi connectivity index (χ0v) is 37.9. The molecule has 1 aliphatic rings. The Morgan fingerprint density at radius 1 is 0.377 bits per heavy atom. The van der Waals surface area contributed by atoms with Crippen molar-refractivity contribution < 1.29 is 0 Å². The van der Waals surface area contributed by atoms with Gasteiger partial charge in [-0.1, -0.05) is 110 Å². The average Bonchev–Trinajstić information content (AvgIpc) is 3.93. The molecule has 0 amide bonds. The van der Waals surface area contributed by atoms with Crippen LogP contribution in [0.2, 0.25) is 0 Å². The summed E-state index contributed by atoms with van der Waals surface area (Å²) in [5.74, 6) is 0.409. The molecule has 0 bridgehead atoms. The molecule has 0 saturated carbocycles. The van der Waals surface area contributed by atoms with Crippen LogP contribution >= 0.6 is 0 Å². The normalized spacial score (nSPS) is 13.8. The number of aromatic nitrogens is 6. The Morgan fingerprint density at radius 3 is 1.46 bits per heavy atom. The van der Waals surface area contributed by atoms with Crippen LogP contribution in [0.4, 0.5) is 0 Å². The Labute approximate surface area is 399 Å². The SMILES string of the molecule is CC1C=C(c2ccc3c(c2)c2cc(-c4ccccc4-c4ccccn4)ccc2n3-c2cccc(-n3c4ccc(-c5ccccc5-c5ccccn5)cc4c4ncccc43)c2)C(c2ccccn2)=CC1. The van der Waals surface area contributed by atoms with Gasteiger partial charge >= 0.3 is 0 Å². The average molecular weight is 885 g/mol. The highest BCUT2D eigenvalue weighted by Crippen LogP contribution is 2.43. The van der Waals surface area contributed by atoms with Gasteiger partial charge in [0.05, 0.1) is 44.7 Å². The van der Waals surface area contributed by atoms with Crippen molar-refractivity contribution in [2.75, 3.05) is 0 Å². The van der Waals surface area contributed by atoms with Crippen molar-refractivity contribution in [3.63, 3.8) is 0 Å². The monoisotopic (exact) mass is 884 g/mol. The molecule has 1 atom stereocenters. The van der Waals surface area contributed by atoms with Gasteiger partial charge in [0.2, 0.25) is 0 Å². The number of rotatable bonds is 8. The van der Waals surface area contributed by atoms with Crippen molar-refractivity contribution in [1.29, 1.82) is 0 Å². The molecule has 6 heteroatoms. The topological polar surface area (TPSA) is 61.4 Å². The lowest BCUT2D eigenvalue weighted by atomic mass is 9.85. The van der Waals surface area contributed by atoms with E-state index in [1.165, 1.54) is 27.5 Å². The number of hydrogen-bond donors (Lipinski definition) is 0. The first-order valence-corrected chi connectivity index (χ1v) is 23.6. The smallest absolute Gasteiger partial charge is 0.0963 e. The van der Waals surface area contributed by atoms with Crippen molar-refractivity contribution in [3.05, 3.63) is 242 Å². The van der Waals surface area contributed by atoms with Gasteiger partial charge in [0.15, 0.2) is 0 Å². The lowest BCUT2D eigenvalue weighted by Crippen LogP contribution is -2.02. The fourth-order valence-corrected chi connectivity index (χ4v) is 10.5. The fourth-order valence-electron chi connectivity index (χ4n) is 10.5. The third-order valence-corrected chi connectivity index (χ3v) is 13.7. The zero-order valence-electron chi connectivity index (χ0n) is 37.9. The van der Waals surface area contributed by atoms with Crippen LogP contribution in [0.1, 0.15) is 24.6 Å². The van der Waals surface area contributed by atoms with E-state index in [4.69, 9.17) is 19.9 Å². The molecule has 6 aromatic carbocycles. The van der Waals surface area contributed by atoms with Crippen molar-refractivity contribution in [3.8, 4) is 56.1 Å². The van der Waals surface area contributed by atoms with Crippen molar-refractivity contribution in [1.82, 2.24) is 29.1 Å². The van der Waals surface area contributed by atoms with E-state index >= 15 is 0 Å². The Bertz CT molecular complexity index is 3990. The lowest BCUT2D eigenvalue weighted by molar-refractivity contribution is 0.741. The molecule has 0 saturated heterocycles. The summed E-state index contributed by atoms with van der Waals surface area (Å²) in [6.07, 6.45) is 13.3. The van der Waals surface area contributed by atoms with Crippen molar-refractivity contribution >= 4 is 54.9 Å². The largest absolute Gasteiger partial charge is 0.309 e. The van der Waals surface area contributed by atoms with Gasteiger partial charge in [0.1, 0.15) is 0 Å². The molecule has 6 heterocycles. The minimum atomic E-state index is 0.409. The van der Waals surface area contributed by atoms with E-state index in [1.807, 2.05) is 55.1 Å². The van der Waals surface area contributed by atoms with E-state index in [-0.39, 0.29) is 0 Å². The standard InChI is InChI=1S/C63H44N6/c1-41-24-28-51(58-22-8-11-34-66-58)52(36-41)44-27-30-60-54(38-44)53-37-42(47-16-2-4-18-49(47)56-20-6-9-32-64-56)25-29-59(53)68(60)45-14-12-15-46(40-45)69-61-31-26-43(39-55(61)63-62(69)23-13-35-67-63)48-17-3-5-19-50(48)57-21-7-10-33-65-57/h2-23,25-41H,24H2,1H3. The molecule has 0 aliphatic heterocycles. The molecular formula is C63H44N6. The van der Waals surface area contributed by atoms with E-state index in [2.05, 4.69) is 192 Å². The Morgan fingerprint density at radius 2 is 0.870 bits per heavy atom. The van der Waals surface area contributed by atoms with Crippen LogP contribution in [0.25, 0.3) is 111 Å². The number of nitrogens with zero attached hydrogens (tertiary/aromatic N) is 6. The third kappa shape index (κ3) is 6.96. The van der Waals surface area contributed by atoms with Gasteiger partial charge < -0.3 is 9.13 Å². The molecule has 13 rings (SSSR count). The maximum atomic E-state index is 5.00. The first kappa shape index (κ1) is 40.3. The summed E-state index contributed by atoms with van der Waals surface area (Å²) in [6, 6.07) is 69.3. The van der Waals surface area contributed by atoms with Gasteiger partial charge in [-0.2, -0.15) is 0 Å². The third-order valence-electron chi connectivity index (χ3n) is 13.7. The van der Waals surface area contributed by atoms with Gasteiger partial charge in [-0.25, -0.2) is 0 Å².